The van der Waals surface area contributed by atoms with Crippen LogP contribution in [0.5, 0.6) is 0 Å². The SMILES string of the molecule is C/C=C\c1c(C)c(S)c2ccccc2c1C. The molecular weight excluding hydrogens is 212 g/mol. The van der Waals surface area contributed by atoms with Crippen LogP contribution in [0.2, 0.25) is 0 Å². The molecule has 0 saturated heterocycles. The van der Waals surface area contributed by atoms with E-state index in [1.54, 1.807) is 0 Å². The van der Waals surface area contributed by atoms with Gasteiger partial charge in [0.1, 0.15) is 0 Å². The second-order valence-electron chi connectivity index (χ2n) is 4.06. The van der Waals surface area contributed by atoms with E-state index in [1.165, 1.54) is 27.5 Å². The van der Waals surface area contributed by atoms with Crippen LogP contribution in [0.15, 0.2) is 35.2 Å². The molecule has 1 heteroatoms. The molecule has 82 valence electrons. The van der Waals surface area contributed by atoms with Crippen LogP contribution in [0.1, 0.15) is 23.6 Å². The van der Waals surface area contributed by atoms with Crippen LogP contribution in [0.25, 0.3) is 16.8 Å². The van der Waals surface area contributed by atoms with Gasteiger partial charge in [-0.05, 0) is 48.2 Å². The van der Waals surface area contributed by atoms with E-state index in [0.717, 1.165) is 4.90 Å². The van der Waals surface area contributed by atoms with Crippen molar-refractivity contribution in [1.82, 2.24) is 0 Å². The number of aryl methyl sites for hydroxylation is 1. The summed E-state index contributed by atoms with van der Waals surface area (Å²) in [6, 6.07) is 8.45. The van der Waals surface area contributed by atoms with E-state index in [4.69, 9.17) is 0 Å². The lowest BCUT2D eigenvalue weighted by molar-refractivity contribution is 1.30. The minimum Gasteiger partial charge on any atom is -0.142 e. The molecule has 0 spiro atoms. The van der Waals surface area contributed by atoms with Crippen molar-refractivity contribution in [2.45, 2.75) is 25.7 Å². The Labute approximate surface area is 102 Å². The minimum atomic E-state index is 1.09. The molecule has 0 aliphatic rings. The first-order chi connectivity index (χ1) is 7.66. The van der Waals surface area contributed by atoms with Crippen LogP contribution in [0.3, 0.4) is 0 Å². The summed E-state index contributed by atoms with van der Waals surface area (Å²) in [5.41, 5.74) is 3.90. The van der Waals surface area contributed by atoms with Crippen molar-refractivity contribution >= 4 is 29.5 Å². The summed E-state index contributed by atoms with van der Waals surface area (Å²) in [5.74, 6) is 0. The fourth-order valence-electron chi connectivity index (χ4n) is 2.19. The maximum Gasteiger partial charge on any atom is 0.0154 e. The van der Waals surface area contributed by atoms with Gasteiger partial charge >= 0.3 is 0 Å². The van der Waals surface area contributed by atoms with Crippen molar-refractivity contribution in [1.29, 1.82) is 0 Å². The average molecular weight is 228 g/mol. The summed E-state index contributed by atoms with van der Waals surface area (Å²) in [6.45, 7) is 6.36. The Morgan fingerprint density at radius 3 is 2.25 bits per heavy atom. The lowest BCUT2D eigenvalue weighted by Crippen LogP contribution is -1.91. The second-order valence-corrected chi connectivity index (χ2v) is 4.51. The fraction of sp³-hybridized carbons (Fsp3) is 0.200. The van der Waals surface area contributed by atoms with Crippen molar-refractivity contribution < 1.29 is 0 Å². The molecule has 16 heavy (non-hydrogen) atoms. The Morgan fingerprint density at radius 2 is 1.62 bits per heavy atom. The Balaban J connectivity index is 2.94. The van der Waals surface area contributed by atoms with E-state index in [-0.39, 0.29) is 0 Å². The minimum absolute atomic E-state index is 1.09. The standard InChI is InChI=1S/C15H16S/c1-4-7-12-10(2)13-8-5-6-9-14(13)15(16)11(12)3/h4-9,16H,1-3H3/b7-4-. The third-order valence-electron chi connectivity index (χ3n) is 3.08. The second kappa shape index (κ2) is 4.34. The number of benzene rings is 2. The Hall–Kier alpha value is -1.21. The maximum absolute atomic E-state index is 4.64. The Bertz CT molecular complexity index is 565. The van der Waals surface area contributed by atoms with E-state index in [1.807, 2.05) is 6.92 Å². The van der Waals surface area contributed by atoms with Gasteiger partial charge in [0.05, 0.1) is 0 Å². The first kappa shape index (κ1) is 11.3. The zero-order valence-corrected chi connectivity index (χ0v) is 10.8. The number of hydrogen-bond donors (Lipinski definition) is 1. The van der Waals surface area contributed by atoms with Crippen LogP contribution < -0.4 is 0 Å². The topological polar surface area (TPSA) is 0 Å². The number of allylic oxidation sites excluding steroid dienone is 1. The van der Waals surface area contributed by atoms with Crippen molar-refractivity contribution in [3.8, 4) is 0 Å². The van der Waals surface area contributed by atoms with Gasteiger partial charge in [-0.2, -0.15) is 0 Å². The highest BCUT2D eigenvalue weighted by molar-refractivity contribution is 7.80. The largest absolute Gasteiger partial charge is 0.142 e. The van der Waals surface area contributed by atoms with E-state index >= 15 is 0 Å². The first-order valence-electron chi connectivity index (χ1n) is 5.50. The summed E-state index contributed by atoms with van der Waals surface area (Å²) in [7, 11) is 0. The molecule has 0 aliphatic carbocycles. The fourth-order valence-corrected chi connectivity index (χ4v) is 2.50. The highest BCUT2D eigenvalue weighted by Crippen LogP contribution is 2.32. The molecule has 0 heterocycles. The molecule has 0 amide bonds. The van der Waals surface area contributed by atoms with Gasteiger partial charge < -0.3 is 0 Å². The summed E-state index contributed by atoms with van der Waals surface area (Å²) in [6.07, 6.45) is 4.24. The predicted molar refractivity (Wildman–Crippen MR) is 75.4 cm³/mol. The van der Waals surface area contributed by atoms with Crippen LogP contribution >= 0.6 is 12.6 Å². The molecule has 2 aromatic carbocycles. The molecule has 0 saturated carbocycles. The Kier molecular flexibility index (Phi) is 3.06. The zero-order valence-electron chi connectivity index (χ0n) is 9.91. The van der Waals surface area contributed by atoms with Gasteiger partial charge in [0.15, 0.2) is 0 Å². The normalized spacial score (nSPS) is 11.5. The van der Waals surface area contributed by atoms with E-state index in [0.29, 0.717) is 0 Å². The highest BCUT2D eigenvalue weighted by Gasteiger charge is 2.09. The van der Waals surface area contributed by atoms with Crippen LogP contribution in [-0.4, -0.2) is 0 Å². The van der Waals surface area contributed by atoms with Crippen molar-refractivity contribution in [3.63, 3.8) is 0 Å². The molecule has 0 fully saturated rings. The van der Waals surface area contributed by atoms with Gasteiger partial charge in [0.25, 0.3) is 0 Å². The third kappa shape index (κ3) is 1.65. The zero-order chi connectivity index (χ0) is 11.7. The smallest absolute Gasteiger partial charge is 0.0154 e. The molecule has 0 radical (unpaired) electrons. The summed E-state index contributed by atoms with van der Waals surface area (Å²) >= 11 is 4.64. The van der Waals surface area contributed by atoms with Gasteiger partial charge in [0.2, 0.25) is 0 Å². The number of hydrogen-bond acceptors (Lipinski definition) is 1. The van der Waals surface area contributed by atoms with Crippen molar-refractivity contribution in [3.05, 3.63) is 47.0 Å². The number of rotatable bonds is 1. The molecule has 2 rings (SSSR count). The summed E-state index contributed by atoms with van der Waals surface area (Å²) in [5, 5.41) is 2.54. The quantitative estimate of drug-likeness (QED) is 0.667. The lowest BCUT2D eigenvalue weighted by Gasteiger charge is -2.13. The van der Waals surface area contributed by atoms with Gasteiger partial charge in [0, 0.05) is 4.90 Å². The monoisotopic (exact) mass is 228 g/mol. The molecule has 0 bridgehead atoms. The van der Waals surface area contributed by atoms with Gasteiger partial charge in [-0.15, -0.1) is 12.6 Å². The highest BCUT2D eigenvalue weighted by atomic mass is 32.1. The van der Waals surface area contributed by atoms with Crippen LogP contribution in [0.4, 0.5) is 0 Å². The summed E-state index contributed by atoms with van der Waals surface area (Å²) in [4.78, 5) is 1.09. The van der Waals surface area contributed by atoms with Crippen LogP contribution in [-0.2, 0) is 0 Å². The molecule has 0 unspecified atom stereocenters. The predicted octanol–water partition coefficient (Wildman–Crippen LogP) is 4.78. The maximum atomic E-state index is 4.64. The molecule has 0 nitrogen and oxygen atoms in total. The Morgan fingerprint density at radius 1 is 1.00 bits per heavy atom. The van der Waals surface area contributed by atoms with Gasteiger partial charge in [-0.25, -0.2) is 0 Å². The molecule has 0 aliphatic heterocycles. The van der Waals surface area contributed by atoms with Crippen molar-refractivity contribution in [2.24, 2.45) is 0 Å². The third-order valence-corrected chi connectivity index (χ3v) is 3.66. The van der Waals surface area contributed by atoms with Gasteiger partial charge in [-0.3, -0.25) is 0 Å². The molecule has 0 N–H and O–H groups in total. The summed E-state index contributed by atoms with van der Waals surface area (Å²) < 4.78 is 0. The van der Waals surface area contributed by atoms with Crippen LogP contribution in [0, 0.1) is 13.8 Å². The van der Waals surface area contributed by atoms with E-state index in [9.17, 15) is 0 Å². The molecule has 2 aromatic rings. The van der Waals surface area contributed by atoms with E-state index in [2.05, 4.69) is 62.9 Å². The van der Waals surface area contributed by atoms with E-state index < -0.39 is 0 Å². The molecule has 0 atom stereocenters. The van der Waals surface area contributed by atoms with Crippen molar-refractivity contribution in [2.75, 3.05) is 0 Å². The lowest BCUT2D eigenvalue weighted by atomic mass is 9.95. The molecular formula is C15H16S. The first-order valence-corrected chi connectivity index (χ1v) is 5.95. The number of thiol groups is 1. The van der Waals surface area contributed by atoms with Gasteiger partial charge in [-0.1, -0.05) is 36.4 Å². The number of fused-ring (bicyclic) bond motifs is 1. The average Bonchev–Trinajstić information content (AvgIpc) is 2.32. The molecule has 0 aromatic heterocycles.